The van der Waals surface area contributed by atoms with Gasteiger partial charge in [-0.1, -0.05) is 30.3 Å². The molecule has 3 aromatic rings. The van der Waals surface area contributed by atoms with Crippen molar-refractivity contribution >= 4 is 18.9 Å². The summed E-state index contributed by atoms with van der Waals surface area (Å²) in [5.41, 5.74) is 3.37. The Morgan fingerprint density at radius 2 is 1.82 bits per heavy atom. The maximum absolute atomic E-state index is 12.8. The summed E-state index contributed by atoms with van der Waals surface area (Å²) >= 11 is 0. The van der Waals surface area contributed by atoms with Crippen LogP contribution in [0.4, 0.5) is 0 Å². The molecule has 0 N–H and O–H groups in total. The number of benzene rings is 2. The zero-order valence-electron chi connectivity index (χ0n) is 19.9. The minimum Gasteiger partial charge on any atom is -0.497 e. The van der Waals surface area contributed by atoms with E-state index in [1.54, 1.807) is 13.2 Å². The Labute approximate surface area is 198 Å². The quantitative estimate of drug-likeness (QED) is 0.472. The smallest absolute Gasteiger partial charge is 0.251 e. The number of pyridine rings is 1. The fourth-order valence-corrected chi connectivity index (χ4v) is 4.89. The van der Waals surface area contributed by atoms with Gasteiger partial charge in [-0.05, 0) is 75.5 Å². The molecule has 2 aromatic carbocycles. The van der Waals surface area contributed by atoms with Crippen molar-refractivity contribution in [3.63, 3.8) is 0 Å². The fourth-order valence-electron chi connectivity index (χ4n) is 4.89. The maximum atomic E-state index is 12.8. The summed E-state index contributed by atoms with van der Waals surface area (Å²) in [6.45, 7) is 6.48. The molecule has 0 atom stereocenters. The van der Waals surface area contributed by atoms with E-state index in [-0.39, 0.29) is 5.56 Å². The Balaban J connectivity index is 1.29. The van der Waals surface area contributed by atoms with Gasteiger partial charge in [0.1, 0.15) is 5.75 Å². The zero-order valence-corrected chi connectivity index (χ0v) is 19.9. The lowest BCUT2D eigenvalue weighted by atomic mass is 9.99. The van der Waals surface area contributed by atoms with Crippen molar-refractivity contribution in [2.75, 3.05) is 33.3 Å². The average molecular weight is 443 g/mol. The summed E-state index contributed by atoms with van der Waals surface area (Å²) < 4.78 is 7.28. The van der Waals surface area contributed by atoms with Crippen LogP contribution in [0.5, 0.6) is 5.75 Å². The number of likely N-dealkylation sites (tertiary alicyclic amines) is 1. The molecule has 1 aromatic heterocycles. The Morgan fingerprint density at radius 1 is 1.06 bits per heavy atom. The highest BCUT2D eigenvalue weighted by Crippen LogP contribution is 2.22. The first-order valence-electron chi connectivity index (χ1n) is 12.0. The maximum Gasteiger partial charge on any atom is 0.251 e. The molecule has 0 amide bonds. The summed E-state index contributed by atoms with van der Waals surface area (Å²) in [5, 5.41) is 1.10. The number of aromatic nitrogens is 1. The molecule has 4 rings (SSSR count). The summed E-state index contributed by atoms with van der Waals surface area (Å²) in [6.07, 6.45) is 4.28. The van der Waals surface area contributed by atoms with E-state index >= 15 is 0 Å². The highest BCUT2D eigenvalue weighted by Gasteiger charge is 2.22. The lowest BCUT2D eigenvalue weighted by molar-refractivity contribution is 0.156. The van der Waals surface area contributed by atoms with Crippen LogP contribution in [0.3, 0.4) is 0 Å². The van der Waals surface area contributed by atoms with Crippen molar-refractivity contribution in [1.82, 2.24) is 14.3 Å². The van der Waals surface area contributed by atoms with Crippen molar-refractivity contribution in [2.24, 2.45) is 0 Å². The topological polar surface area (TPSA) is 37.7 Å². The van der Waals surface area contributed by atoms with Crippen LogP contribution in [0.2, 0.25) is 0 Å². The summed E-state index contributed by atoms with van der Waals surface area (Å²) in [7, 11) is 8.06. The molecule has 0 saturated carbocycles. The fraction of sp³-hybridized carbons (Fsp3) is 0.444. The van der Waals surface area contributed by atoms with Crippen LogP contribution in [-0.4, -0.2) is 61.6 Å². The Morgan fingerprint density at radius 3 is 2.55 bits per heavy atom. The van der Waals surface area contributed by atoms with Gasteiger partial charge in [0.25, 0.3) is 5.56 Å². The molecule has 2 heterocycles. The molecule has 172 valence electrons. The number of rotatable bonds is 9. The first-order valence-corrected chi connectivity index (χ1v) is 12.0. The van der Waals surface area contributed by atoms with Crippen molar-refractivity contribution in [2.45, 2.75) is 45.2 Å². The Hall–Kier alpha value is -2.57. The predicted molar refractivity (Wildman–Crippen MR) is 136 cm³/mol. The van der Waals surface area contributed by atoms with Gasteiger partial charge in [0, 0.05) is 36.7 Å². The Kier molecular flexibility index (Phi) is 7.89. The van der Waals surface area contributed by atoms with Crippen LogP contribution in [0.25, 0.3) is 10.9 Å². The number of ether oxygens (including phenoxy) is 1. The molecule has 2 radical (unpaired) electrons. The number of methoxy groups -OCH3 is 1. The normalized spacial score (nSPS) is 15.4. The molecule has 0 spiro atoms. The van der Waals surface area contributed by atoms with Crippen LogP contribution < -0.4 is 10.3 Å². The molecular formula is C27H34BN3O2. The van der Waals surface area contributed by atoms with Gasteiger partial charge in [-0.3, -0.25) is 4.79 Å². The second-order valence-electron chi connectivity index (χ2n) is 9.10. The van der Waals surface area contributed by atoms with Gasteiger partial charge in [0.05, 0.1) is 12.6 Å². The highest BCUT2D eigenvalue weighted by atomic mass is 16.5. The number of aryl methyl sites for hydroxylation is 2. The van der Waals surface area contributed by atoms with Gasteiger partial charge in [0.2, 0.25) is 0 Å². The lowest BCUT2D eigenvalue weighted by Crippen LogP contribution is -2.45. The molecule has 33 heavy (non-hydrogen) atoms. The number of piperidine rings is 1. The number of hydrogen-bond acceptors (Lipinski definition) is 4. The summed E-state index contributed by atoms with van der Waals surface area (Å²) in [5.74, 6) is 0.775. The number of nitrogens with zero attached hydrogens (tertiary/aromatic N) is 3. The van der Waals surface area contributed by atoms with Crippen molar-refractivity contribution in [1.29, 1.82) is 0 Å². The minimum atomic E-state index is 0.0506. The number of hydrogen-bond donors (Lipinski definition) is 0. The molecule has 1 saturated heterocycles. The van der Waals surface area contributed by atoms with Crippen LogP contribution in [0, 0.1) is 6.92 Å². The average Bonchev–Trinajstić information content (AvgIpc) is 2.84. The zero-order chi connectivity index (χ0) is 23.2. The van der Waals surface area contributed by atoms with Crippen molar-refractivity contribution < 1.29 is 4.74 Å². The van der Waals surface area contributed by atoms with Gasteiger partial charge in [-0.15, -0.1) is 0 Å². The standard InChI is InChI=1S/C27H34BN3O2/c1-21-19-27(32)30(26-20-24(33-2)10-11-25(21)26)18-17-29-15-12-23(13-16-29)31(28)14-6-9-22-7-4-3-5-8-22/h3-5,7-8,10-11,19-20,23H,6,9,12-18H2,1-2H3. The third-order valence-corrected chi connectivity index (χ3v) is 6.92. The predicted octanol–water partition coefficient (Wildman–Crippen LogP) is 3.80. The van der Waals surface area contributed by atoms with E-state index in [9.17, 15) is 4.79 Å². The second kappa shape index (κ2) is 11.0. The molecule has 0 bridgehead atoms. The largest absolute Gasteiger partial charge is 0.497 e. The molecule has 0 aliphatic carbocycles. The van der Waals surface area contributed by atoms with Crippen LogP contribution in [0.1, 0.15) is 30.4 Å². The van der Waals surface area contributed by atoms with E-state index in [0.717, 1.165) is 74.1 Å². The van der Waals surface area contributed by atoms with Gasteiger partial charge < -0.3 is 19.0 Å². The Bertz CT molecular complexity index is 1110. The van der Waals surface area contributed by atoms with Crippen LogP contribution >= 0.6 is 0 Å². The van der Waals surface area contributed by atoms with Crippen molar-refractivity contribution in [3.05, 3.63) is 76.1 Å². The minimum absolute atomic E-state index is 0.0506. The molecule has 6 heteroatoms. The van der Waals surface area contributed by atoms with E-state index in [2.05, 4.69) is 35.2 Å². The van der Waals surface area contributed by atoms with E-state index in [1.807, 2.05) is 34.5 Å². The van der Waals surface area contributed by atoms with Crippen LogP contribution in [0.15, 0.2) is 59.4 Å². The molecular weight excluding hydrogens is 409 g/mol. The number of fused-ring (bicyclic) bond motifs is 1. The van der Waals surface area contributed by atoms with E-state index < -0.39 is 0 Å². The van der Waals surface area contributed by atoms with E-state index in [1.165, 1.54) is 5.56 Å². The molecule has 1 fully saturated rings. The van der Waals surface area contributed by atoms with Gasteiger partial charge in [-0.2, -0.15) is 0 Å². The third-order valence-electron chi connectivity index (χ3n) is 6.92. The monoisotopic (exact) mass is 443 g/mol. The van der Waals surface area contributed by atoms with Gasteiger partial charge in [-0.25, -0.2) is 0 Å². The first-order chi connectivity index (χ1) is 16.0. The summed E-state index contributed by atoms with van der Waals surface area (Å²) in [4.78, 5) is 17.2. The summed E-state index contributed by atoms with van der Waals surface area (Å²) in [6, 6.07) is 18.7. The molecule has 1 aliphatic heterocycles. The first kappa shape index (κ1) is 23.6. The van der Waals surface area contributed by atoms with Gasteiger partial charge in [0.15, 0.2) is 7.98 Å². The second-order valence-corrected chi connectivity index (χ2v) is 9.10. The van der Waals surface area contributed by atoms with Gasteiger partial charge >= 0.3 is 0 Å². The molecule has 0 unspecified atom stereocenters. The molecule has 1 aliphatic rings. The van der Waals surface area contributed by atoms with Crippen molar-refractivity contribution in [3.8, 4) is 5.75 Å². The van der Waals surface area contributed by atoms with E-state index in [4.69, 9.17) is 12.7 Å². The highest BCUT2D eigenvalue weighted by molar-refractivity contribution is 6.04. The lowest BCUT2D eigenvalue weighted by Gasteiger charge is -2.37. The molecule has 5 nitrogen and oxygen atoms in total. The SMILES string of the molecule is [B]N(CCCc1ccccc1)C1CCN(CCn2c(=O)cc(C)c3ccc(OC)cc32)CC1. The third kappa shape index (κ3) is 5.87. The van der Waals surface area contributed by atoms with Crippen LogP contribution in [-0.2, 0) is 13.0 Å². The van der Waals surface area contributed by atoms with E-state index in [0.29, 0.717) is 12.6 Å².